The Kier molecular flexibility index (Phi) is 4.66. The minimum atomic E-state index is 0. The summed E-state index contributed by atoms with van der Waals surface area (Å²) in [5.41, 5.74) is 0. The maximum atomic E-state index is 5.49. The van der Waals surface area contributed by atoms with E-state index in [-0.39, 0.29) is 12.4 Å². The first-order valence-corrected chi connectivity index (χ1v) is 2.96. The lowest BCUT2D eigenvalue weighted by Gasteiger charge is -2.05. The molecule has 1 saturated heterocycles. The van der Waals surface area contributed by atoms with Crippen molar-refractivity contribution < 1.29 is 0 Å². The number of rotatable bonds is 1. The van der Waals surface area contributed by atoms with Crippen LogP contribution in [0.4, 0.5) is 0 Å². The quantitative estimate of drug-likeness (QED) is 0.439. The van der Waals surface area contributed by atoms with Crippen molar-refractivity contribution in [3.8, 4) is 0 Å². The number of halogens is 2. The SMILES string of the molecule is Cl.ClCN1CCNC1. The third kappa shape index (κ3) is 2.18. The molecule has 0 aromatic rings. The molecule has 4 heteroatoms. The van der Waals surface area contributed by atoms with Gasteiger partial charge in [0.15, 0.2) is 0 Å². The standard InChI is InChI=1S/C4H9ClN2.ClH/c5-3-7-2-1-6-4-7;/h6H,1-4H2;1H. The van der Waals surface area contributed by atoms with Crippen LogP contribution in [0, 0.1) is 0 Å². The number of hydrogen-bond acceptors (Lipinski definition) is 2. The van der Waals surface area contributed by atoms with Gasteiger partial charge >= 0.3 is 0 Å². The van der Waals surface area contributed by atoms with Crippen molar-refractivity contribution in [3.05, 3.63) is 0 Å². The lowest BCUT2D eigenvalue weighted by Crippen LogP contribution is -2.19. The summed E-state index contributed by atoms with van der Waals surface area (Å²) in [6, 6.07) is 0.660. The van der Waals surface area contributed by atoms with E-state index in [0.717, 1.165) is 19.8 Å². The molecule has 1 rings (SSSR count). The fraction of sp³-hybridized carbons (Fsp3) is 1.00. The van der Waals surface area contributed by atoms with Crippen LogP contribution in [0.15, 0.2) is 0 Å². The molecule has 0 radical (unpaired) electrons. The molecule has 1 aliphatic rings. The van der Waals surface area contributed by atoms with Gasteiger partial charge in [-0.2, -0.15) is 0 Å². The van der Waals surface area contributed by atoms with Gasteiger partial charge in [-0.25, -0.2) is 0 Å². The van der Waals surface area contributed by atoms with Crippen LogP contribution >= 0.6 is 24.0 Å². The van der Waals surface area contributed by atoms with Gasteiger partial charge in [-0.1, -0.05) is 0 Å². The average molecular weight is 157 g/mol. The molecule has 1 heterocycles. The van der Waals surface area contributed by atoms with Gasteiger partial charge in [0.05, 0.1) is 6.00 Å². The van der Waals surface area contributed by atoms with E-state index in [1.165, 1.54) is 0 Å². The molecule has 0 bridgehead atoms. The summed E-state index contributed by atoms with van der Waals surface area (Å²) in [6.45, 7) is 3.15. The van der Waals surface area contributed by atoms with Gasteiger partial charge in [-0.3, -0.25) is 4.90 Å². The summed E-state index contributed by atoms with van der Waals surface area (Å²) in [6.07, 6.45) is 0. The molecule has 0 saturated carbocycles. The highest BCUT2D eigenvalue weighted by molar-refractivity contribution is 6.17. The summed E-state index contributed by atoms with van der Waals surface area (Å²) in [5, 5.41) is 3.16. The highest BCUT2D eigenvalue weighted by Crippen LogP contribution is 1.91. The zero-order valence-electron chi connectivity index (χ0n) is 4.56. The average Bonchev–Trinajstić information content (AvgIpc) is 2.14. The van der Waals surface area contributed by atoms with Crippen LogP contribution in [0.1, 0.15) is 0 Å². The summed E-state index contributed by atoms with van der Waals surface area (Å²) < 4.78 is 0. The van der Waals surface area contributed by atoms with Gasteiger partial charge in [0.2, 0.25) is 0 Å². The first kappa shape index (κ1) is 8.50. The molecule has 1 fully saturated rings. The predicted molar refractivity (Wildman–Crippen MR) is 37.5 cm³/mol. The van der Waals surface area contributed by atoms with E-state index >= 15 is 0 Å². The molecule has 1 N–H and O–H groups in total. The largest absolute Gasteiger partial charge is 0.303 e. The van der Waals surface area contributed by atoms with E-state index in [0.29, 0.717) is 6.00 Å². The number of nitrogens with one attached hydrogen (secondary N) is 1. The van der Waals surface area contributed by atoms with Crippen LogP contribution in [0.3, 0.4) is 0 Å². The van der Waals surface area contributed by atoms with Crippen LogP contribution in [-0.2, 0) is 0 Å². The Morgan fingerprint density at radius 3 is 2.62 bits per heavy atom. The fourth-order valence-corrected chi connectivity index (χ4v) is 0.859. The van der Waals surface area contributed by atoms with Crippen molar-refractivity contribution in [2.45, 2.75) is 0 Å². The Labute approximate surface area is 60.6 Å². The van der Waals surface area contributed by atoms with E-state index < -0.39 is 0 Å². The summed E-state index contributed by atoms with van der Waals surface area (Å²) >= 11 is 5.49. The smallest absolute Gasteiger partial charge is 0.0748 e. The van der Waals surface area contributed by atoms with Gasteiger partial charge in [0.25, 0.3) is 0 Å². The zero-order valence-corrected chi connectivity index (χ0v) is 6.13. The van der Waals surface area contributed by atoms with Crippen molar-refractivity contribution in [1.29, 1.82) is 0 Å². The van der Waals surface area contributed by atoms with Crippen molar-refractivity contribution in [1.82, 2.24) is 10.2 Å². The molecule has 0 aliphatic carbocycles. The molecule has 0 aromatic heterocycles. The Balaban J connectivity index is 0.000000490. The summed E-state index contributed by atoms with van der Waals surface area (Å²) in [4.78, 5) is 2.14. The van der Waals surface area contributed by atoms with Crippen molar-refractivity contribution >= 4 is 24.0 Å². The molecule has 0 spiro atoms. The molecule has 0 amide bonds. The minimum Gasteiger partial charge on any atom is -0.303 e. The number of alkyl halides is 1. The maximum Gasteiger partial charge on any atom is 0.0748 e. The lowest BCUT2D eigenvalue weighted by molar-refractivity contribution is 0.392. The van der Waals surface area contributed by atoms with Crippen molar-refractivity contribution in [3.63, 3.8) is 0 Å². The molecule has 2 nitrogen and oxygen atoms in total. The normalized spacial score (nSPS) is 20.6. The lowest BCUT2D eigenvalue weighted by atomic mass is 10.7. The van der Waals surface area contributed by atoms with E-state index in [2.05, 4.69) is 10.2 Å². The van der Waals surface area contributed by atoms with E-state index in [1.54, 1.807) is 0 Å². The Morgan fingerprint density at radius 2 is 2.38 bits per heavy atom. The topological polar surface area (TPSA) is 15.3 Å². The third-order valence-electron chi connectivity index (χ3n) is 1.11. The first-order chi connectivity index (χ1) is 3.43. The van der Waals surface area contributed by atoms with Gasteiger partial charge in [0, 0.05) is 19.8 Å². The van der Waals surface area contributed by atoms with Gasteiger partial charge in [-0.15, -0.1) is 24.0 Å². The minimum absolute atomic E-state index is 0. The van der Waals surface area contributed by atoms with E-state index in [9.17, 15) is 0 Å². The zero-order chi connectivity index (χ0) is 5.11. The molecule has 0 aromatic carbocycles. The van der Waals surface area contributed by atoms with E-state index in [4.69, 9.17) is 11.6 Å². The van der Waals surface area contributed by atoms with Gasteiger partial charge in [-0.05, 0) is 0 Å². The molecular weight excluding hydrogens is 147 g/mol. The van der Waals surface area contributed by atoms with Gasteiger partial charge < -0.3 is 5.32 Å². The Morgan fingerprint density at radius 1 is 1.62 bits per heavy atom. The molecule has 1 aliphatic heterocycles. The van der Waals surface area contributed by atoms with Crippen LogP contribution in [0.5, 0.6) is 0 Å². The van der Waals surface area contributed by atoms with Crippen LogP contribution in [0.2, 0.25) is 0 Å². The summed E-state index contributed by atoms with van der Waals surface area (Å²) in [5.74, 6) is 0. The highest BCUT2D eigenvalue weighted by atomic mass is 35.5. The second-order valence-electron chi connectivity index (χ2n) is 1.67. The molecule has 50 valence electrons. The second-order valence-corrected chi connectivity index (χ2v) is 1.91. The maximum absolute atomic E-state index is 5.49. The molecule has 8 heavy (non-hydrogen) atoms. The van der Waals surface area contributed by atoms with Crippen LogP contribution < -0.4 is 5.32 Å². The van der Waals surface area contributed by atoms with Crippen molar-refractivity contribution in [2.24, 2.45) is 0 Å². The molecule has 0 atom stereocenters. The van der Waals surface area contributed by atoms with Crippen LogP contribution in [-0.4, -0.2) is 30.7 Å². The first-order valence-electron chi connectivity index (χ1n) is 2.42. The van der Waals surface area contributed by atoms with E-state index in [1.807, 2.05) is 0 Å². The monoisotopic (exact) mass is 156 g/mol. The number of nitrogens with zero attached hydrogens (tertiary/aromatic N) is 1. The number of hydrogen-bond donors (Lipinski definition) is 1. The Hall–Kier alpha value is 0.500. The third-order valence-corrected chi connectivity index (χ3v) is 1.45. The predicted octanol–water partition coefficient (Wildman–Crippen LogP) is 0.467. The highest BCUT2D eigenvalue weighted by Gasteiger charge is 2.06. The van der Waals surface area contributed by atoms with Crippen LogP contribution in [0.25, 0.3) is 0 Å². The summed E-state index contributed by atoms with van der Waals surface area (Å²) in [7, 11) is 0. The molecule has 0 unspecified atom stereocenters. The Bertz CT molecular complexity index is 54.0. The van der Waals surface area contributed by atoms with Gasteiger partial charge in [0.1, 0.15) is 0 Å². The second kappa shape index (κ2) is 4.39. The molecular formula is C4H10Cl2N2. The fourth-order valence-electron chi connectivity index (χ4n) is 0.655. The van der Waals surface area contributed by atoms with Crippen molar-refractivity contribution in [2.75, 3.05) is 25.8 Å².